The van der Waals surface area contributed by atoms with E-state index in [1.165, 1.54) is 90.3 Å². The van der Waals surface area contributed by atoms with Gasteiger partial charge < -0.3 is 33.9 Å². The van der Waals surface area contributed by atoms with Crippen molar-refractivity contribution in [3.8, 4) is 11.8 Å². The van der Waals surface area contributed by atoms with Crippen LogP contribution in [0.15, 0.2) is 48.8 Å². The Bertz CT molecular complexity index is 1820. The normalized spacial score (nSPS) is 22.5. The second-order valence-corrected chi connectivity index (χ2v) is 17.7. The van der Waals surface area contributed by atoms with Crippen molar-refractivity contribution in [2.24, 2.45) is 0 Å². The summed E-state index contributed by atoms with van der Waals surface area (Å²) in [4.78, 5) is 17.1. The van der Waals surface area contributed by atoms with Gasteiger partial charge in [-0.2, -0.15) is 15.4 Å². The Kier molecular flexibility index (Phi) is 18.0. The number of nitrogens with one attached hydrogen (secondary N) is 1. The molecule has 0 radical (unpaired) electrons. The largest absolute Gasteiger partial charge is 0.464 e. The average Bonchev–Trinajstić information content (AvgIpc) is 3.88. The number of nitrogens with zero attached hydrogens (tertiary/aromatic N) is 4. The number of aromatic nitrogens is 3. The van der Waals surface area contributed by atoms with Gasteiger partial charge in [0.1, 0.15) is 54.6 Å². The molecule has 0 bridgehead atoms. The Morgan fingerprint density at radius 1 is 0.915 bits per heavy atom. The van der Waals surface area contributed by atoms with Crippen LogP contribution in [0.25, 0.3) is 5.52 Å². The van der Waals surface area contributed by atoms with Crippen molar-refractivity contribution in [3.63, 3.8) is 0 Å². The number of rotatable bonds is 28. The number of ether oxygens (including phenoxy) is 5. The maximum Gasteiger partial charge on any atom is 0.459 e. The molecule has 15 nitrogen and oxygen atoms in total. The summed E-state index contributed by atoms with van der Waals surface area (Å²) in [7, 11) is -4.38. The zero-order valence-electron chi connectivity index (χ0n) is 35.4. The highest BCUT2D eigenvalue weighted by atomic mass is 31.2. The van der Waals surface area contributed by atoms with E-state index < -0.39 is 56.1 Å². The van der Waals surface area contributed by atoms with Crippen LogP contribution in [0.5, 0.6) is 5.75 Å². The van der Waals surface area contributed by atoms with Gasteiger partial charge in [0.15, 0.2) is 11.6 Å². The lowest BCUT2D eigenvalue weighted by molar-refractivity contribution is -0.204. The van der Waals surface area contributed by atoms with Crippen LogP contribution in [-0.4, -0.2) is 76.6 Å². The second-order valence-electron chi connectivity index (χ2n) is 16.0. The van der Waals surface area contributed by atoms with Crippen molar-refractivity contribution in [3.05, 3.63) is 54.5 Å². The first-order valence-corrected chi connectivity index (χ1v) is 23.1. The first-order chi connectivity index (χ1) is 28.5. The third-order valence-corrected chi connectivity index (χ3v) is 12.3. The van der Waals surface area contributed by atoms with Gasteiger partial charge in [0.25, 0.3) is 0 Å². The molecule has 2 saturated heterocycles. The molecule has 2 aliphatic rings. The monoisotopic (exact) mass is 840 g/mol. The molecule has 326 valence electrons. The van der Waals surface area contributed by atoms with E-state index in [0.29, 0.717) is 30.8 Å². The fourth-order valence-electron chi connectivity index (χ4n) is 7.53. The third kappa shape index (κ3) is 13.4. The fraction of sp³-hybridized carbons (Fsp3) is 0.674. The quantitative estimate of drug-likeness (QED) is 0.0401. The molecule has 59 heavy (non-hydrogen) atoms. The summed E-state index contributed by atoms with van der Waals surface area (Å²) >= 11 is 0. The highest BCUT2D eigenvalue weighted by Crippen LogP contribution is 2.53. The number of anilines is 1. The van der Waals surface area contributed by atoms with E-state index in [4.69, 9.17) is 38.5 Å². The Labute approximate surface area is 349 Å². The van der Waals surface area contributed by atoms with Crippen molar-refractivity contribution in [1.82, 2.24) is 19.7 Å². The van der Waals surface area contributed by atoms with Gasteiger partial charge in [-0.1, -0.05) is 109 Å². The van der Waals surface area contributed by atoms with Crippen molar-refractivity contribution in [2.75, 3.05) is 32.2 Å². The van der Waals surface area contributed by atoms with Gasteiger partial charge in [-0.25, -0.2) is 14.1 Å². The van der Waals surface area contributed by atoms with E-state index in [1.54, 1.807) is 60.8 Å². The van der Waals surface area contributed by atoms with Gasteiger partial charge in [-0.05, 0) is 51.5 Å². The molecule has 1 aromatic carbocycles. The molecule has 0 saturated carbocycles. The second kappa shape index (κ2) is 22.8. The number of carbonyl (C=O) groups is 1. The highest BCUT2D eigenvalue weighted by molar-refractivity contribution is 7.52. The van der Waals surface area contributed by atoms with E-state index in [9.17, 15) is 14.6 Å². The van der Waals surface area contributed by atoms with Crippen molar-refractivity contribution >= 4 is 25.1 Å². The molecule has 3 N–H and O–H groups in total. The summed E-state index contributed by atoms with van der Waals surface area (Å²) in [6.07, 6.45) is 17.5. The van der Waals surface area contributed by atoms with Crippen LogP contribution in [0.3, 0.4) is 0 Å². The van der Waals surface area contributed by atoms with E-state index in [1.807, 2.05) is 0 Å². The number of para-hydroxylation sites is 1. The molecule has 0 amide bonds. The Hall–Kier alpha value is -3.61. The molecule has 2 aromatic heterocycles. The molecule has 0 aliphatic carbocycles. The SMILES string of the molecule is CCCCCCCCCCCCCCCCOCCCOC(=O)[C@H](C)NP(=O)(OC[C@@]1(C#N)O[C@@H](c2ccc3c(N)ncnn23)[C@@H]2OC(C)(C)O[C@@H]21)Oc1ccccc1. The van der Waals surface area contributed by atoms with E-state index >= 15 is 0 Å². The minimum atomic E-state index is -4.38. The number of nitrogen functional groups attached to an aromatic ring is 1. The van der Waals surface area contributed by atoms with Gasteiger partial charge in [0, 0.05) is 19.6 Å². The van der Waals surface area contributed by atoms with Crippen LogP contribution in [-0.2, 0) is 37.6 Å². The Morgan fingerprint density at radius 2 is 1.56 bits per heavy atom. The van der Waals surface area contributed by atoms with E-state index in [2.05, 4.69) is 28.2 Å². The van der Waals surface area contributed by atoms with Crippen LogP contribution in [0, 0.1) is 11.3 Å². The Morgan fingerprint density at radius 3 is 2.22 bits per heavy atom. The predicted molar refractivity (Wildman–Crippen MR) is 223 cm³/mol. The van der Waals surface area contributed by atoms with Gasteiger partial charge in [-0.3, -0.25) is 9.32 Å². The molecular weight excluding hydrogens is 775 g/mol. The molecule has 6 atom stereocenters. The number of nitriles is 1. The number of benzene rings is 1. The first kappa shape index (κ1) is 46.5. The minimum Gasteiger partial charge on any atom is -0.464 e. The molecule has 1 unspecified atom stereocenters. The smallest absolute Gasteiger partial charge is 0.459 e. The molecule has 2 fully saturated rings. The molecule has 16 heteroatoms. The number of fused-ring (bicyclic) bond motifs is 2. The number of hydrogen-bond donors (Lipinski definition) is 2. The molecule has 2 aliphatic heterocycles. The predicted octanol–water partition coefficient (Wildman–Crippen LogP) is 8.78. The summed E-state index contributed by atoms with van der Waals surface area (Å²) in [6.45, 7) is 7.92. The van der Waals surface area contributed by atoms with Crippen LogP contribution in [0.4, 0.5) is 5.82 Å². The zero-order chi connectivity index (χ0) is 42.1. The molecule has 3 aromatic rings. The lowest BCUT2D eigenvalue weighted by Crippen LogP contribution is -2.46. The maximum atomic E-state index is 14.4. The molecular formula is C43H65N6O9P. The lowest BCUT2D eigenvalue weighted by Gasteiger charge is -2.30. The number of esters is 1. The first-order valence-electron chi connectivity index (χ1n) is 21.5. The Balaban J connectivity index is 1.06. The fourth-order valence-corrected chi connectivity index (χ4v) is 9.05. The van der Waals surface area contributed by atoms with E-state index in [0.717, 1.165) is 12.8 Å². The maximum absolute atomic E-state index is 14.4. The zero-order valence-corrected chi connectivity index (χ0v) is 36.2. The summed E-state index contributed by atoms with van der Waals surface area (Å²) in [5, 5.41) is 17.7. The third-order valence-electron chi connectivity index (χ3n) is 10.7. The van der Waals surface area contributed by atoms with Crippen LogP contribution in [0.1, 0.15) is 136 Å². The van der Waals surface area contributed by atoms with Crippen molar-refractivity contribution in [1.29, 1.82) is 5.26 Å². The van der Waals surface area contributed by atoms with Crippen LogP contribution >= 0.6 is 7.75 Å². The lowest BCUT2D eigenvalue weighted by atomic mass is 9.96. The summed E-state index contributed by atoms with van der Waals surface area (Å²) < 4.78 is 58.0. The van der Waals surface area contributed by atoms with Gasteiger partial charge >= 0.3 is 13.7 Å². The standard InChI is InChI=1S/C43H65N6O9P/c1-5-6-7-8-9-10-11-12-13-14-15-16-17-21-27-52-28-22-29-53-41(50)33(2)48-59(51,58-34-23-19-18-20-24-34)54-31-43(30-44)39-38(55-42(3,4)57-39)37(56-43)35-25-26-36-40(45)46-32-47-49(35)36/h18-20,23-26,32-33,37-39H,5-17,21-22,27-29,31H2,1-4H3,(H,48,51)(H2,45,46,47)/t33-,37-,38-,39-,43+,59?/m0/s1. The highest BCUT2D eigenvalue weighted by Gasteiger charge is 2.65. The van der Waals surface area contributed by atoms with Crippen molar-refractivity contribution in [2.45, 2.75) is 160 Å². The average molecular weight is 841 g/mol. The topological polar surface area (TPSA) is 191 Å². The molecule has 4 heterocycles. The van der Waals surface area contributed by atoms with Crippen LogP contribution in [0.2, 0.25) is 0 Å². The summed E-state index contributed by atoms with van der Waals surface area (Å²) in [6, 6.07) is 13.0. The number of hydrogen-bond acceptors (Lipinski definition) is 13. The van der Waals surface area contributed by atoms with Gasteiger partial charge in [-0.15, -0.1) is 0 Å². The van der Waals surface area contributed by atoms with Crippen molar-refractivity contribution < 1.29 is 42.1 Å². The number of carbonyl (C=O) groups excluding carboxylic acids is 1. The minimum absolute atomic E-state index is 0.127. The molecule has 0 spiro atoms. The number of unbranched alkanes of at least 4 members (excludes halogenated alkanes) is 13. The summed E-state index contributed by atoms with van der Waals surface area (Å²) in [5.74, 6) is -1.26. The van der Waals surface area contributed by atoms with Gasteiger partial charge in [0.2, 0.25) is 5.60 Å². The van der Waals surface area contributed by atoms with Crippen LogP contribution < -0.4 is 15.3 Å². The number of nitrogens with two attached hydrogens (primary N) is 1. The summed E-state index contributed by atoms with van der Waals surface area (Å²) in [5.41, 5.74) is 5.35. The van der Waals surface area contributed by atoms with Gasteiger partial charge in [0.05, 0.1) is 12.3 Å². The molecule has 5 rings (SSSR count). The van der Waals surface area contributed by atoms with E-state index in [-0.39, 0.29) is 18.2 Å².